The molecule has 2 unspecified atom stereocenters. The van der Waals surface area contributed by atoms with E-state index in [1.807, 2.05) is 0 Å². The van der Waals surface area contributed by atoms with Crippen molar-refractivity contribution in [2.75, 3.05) is 6.54 Å². The van der Waals surface area contributed by atoms with Gasteiger partial charge in [0.25, 0.3) is 5.91 Å². The molecule has 2 N–H and O–H groups in total. The Kier molecular flexibility index (Phi) is 8.03. The number of carbonyl (C=O) groups is 2. The molecule has 0 aromatic carbocycles. The van der Waals surface area contributed by atoms with Gasteiger partial charge in [0, 0.05) is 6.54 Å². The van der Waals surface area contributed by atoms with Gasteiger partial charge in [0.2, 0.25) is 0 Å². The van der Waals surface area contributed by atoms with E-state index < -0.39 is 18.2 Å². The summed E-state index contributed by atoms with van der Waals surface area (Å²) < 4.78 is 4.69. The summed E-state index contributed by atoms with van der Waals surface area (Å²) in [5.41, 5.74) is 0. The maximum atomic E-state index is 11.2. The summed E-state index contributed by atoms with van der Waals surface area (Å²) >= 11 is 0. The molecule has 5 nitrogen and oxygen atoms in total. The molecular weight excluding hydrogens is 225 g/mol. The van der Waals surface area contributed by atoms with Gasteiger partial charge in [0.05, 0.1) is 0 Å². The van der Waals surface area contributed by atoms with Crippen molar-refractivity contribution in [1.82, 2.24) is 5.32 Å². The zero-order valence-electron chi connectivity index (χ0n) is 8.16. The molecule has 0 saturated carbocycles. The maximum absolute atomic E-state index is 11.2. The van der Waals surface area contributed by atoms with E-state index in [4.69, 9.17) is 5.11 Å². The standard InChI is InChI=1S/C9H15NO4.K.H/c1-2-3-4-5-10-8(11)6-7(14-6)9(12)13;;/h6-7H,2-5H2,1H3,(H,10,11)(H,12,13);;. The summed E-state index contributed by atoms with van der Waals surface area (Å²) in [6.07, 6.45) is 1.38. The number of epoxide rings is 1. The number of aliphatic carboxylic acids is 1. The minimum atomic E-state index is -1.07. The van der Waals surface area contributed by atoms with Crippen molar-refractivity contribution in [3.63, 3.8) is 0 Å². The summed E-state index contributed by atoms with van der Waals surface area (Å²) in [6, 6.07) is 0. The van der Waals surface area contributed by atoms with Crippen LogP contribution in [0.4, 0.5) is 0 Å². The average molecular weight is 241 g/mol. The van der Waals surface area contributed by atoms with Gasteiger partial charge in [-0.05, 0) is 6.42 Å². The fraction of sp³-hybridized carbons (Fsp3) is 0.778. The average Bonchev–Trinajstić information content (AvgIpc) is 2.91. The van der Waals surface area contributed by atoms with Crippen molar-refractivity contribution < 1.29 is 19.4 Å². The molecule has 1 rings (SSSR count). The number of unbranched alkanes of at least 4 members (excludes halogenated alkanes) is 2. The molecule has 0 aromatic heterocycles. The SMILES string of the molecule is CCCCCNC(=O)C1OC1C(=O)O.[KH]. The van der Waals surface area contributed by atoms with E-state index in [1.54, 1.807) is 0 Å². The van der Waals surface area contributed by atoms with E-state index >= 15 is 0 Å². The Morgan fingerprint density at radius 1 is 1.33 bits per heavy atom. The van der Waals surface area contributed by atoms with E-state index in [-0.39, 0.29) is 57.3 Å². The molecule has 6 heteroatoms. The number of hydrogen-bond acceptors (Lipinski definition) is 3. The van der Waals surface area contributed by atoms with Crippen molar-refractivity contribution >= 4 is 63.3 Å². The molecule has 1 saturated heterocycles. The third-order valence-electron chi connectivity index (χ3n) is 2.07. The third-order valence-corrected chi connectivity index (χ3v) is 2.07. The van der Waals surface area contributed by atoms with E-state index in [9.17, 15) is 9.59 Å². The Balaban J connectivity index is 0.00000196. The molecule has 1 aliphatic heterocycles. The number of amides is 1. The zero-order valence-corrected chi connectivity index (χ0v) is 8.16. The second-order valence-electron chi connectivity index (χ2n) is 3.31. The first-order valence-electron chi connectivity index (χ1n) is 4.82. The number of carboxylic acids is 1. The van der Waals surface area contributed by atoms with Crippen LogP contribution in [0.3, 0.4) is 0 Å². The molecule has 0 aliphatic carbocycles. The van der Waals surface area contributed by atoms with Gasteiger partial charge in [0.1, 0.15) is 0 Å². The normalized spacial score (nSPS) is 22.7. The fourth-order valence-corrected chi connectivity index (χ4v) is 1.19. The first-order chi connectivity index (χ1) is 6.66. The van der Waals surface area contributed by atoms with Crippen LogP contribution in [0.2, 0.25) is 0 Å². The van der Waals surface area contributed by atoms with Crippen LogP contribution in [0.25, 0.3) is 0 Å². The first kappa shape index (κ1) is 15.5. The Hall–Kier alpha value is 0.536. The van der Waals surface area contributed by atoms with Crippen LogP contribution in [-0.2, 0) is 14.3 Å². The van der Waals surface area contributed by atoms with Crippen LogP contribution in [0.1, 0.15) is 26.2 Å². The second-order valence-corrected chi connectivity index (χ2v) is 3.31. The number of carboxylic acid groups (broad SMARTS) is 1. The topological polar surface area (TPSA) is 78.9 Å². The van der Waals surface area contributed by atoms with Gasteiger partial charge in [0.15, 0.2) is 12.2 Å². The van der Waals surface area contributed by atoms with Crippen LogP contribution < -0.4 is 5.32 Å². The molecular formula is C9H16KNO4. The van der Waals surface area contributed by atoms with Gasteiger partial charge in [-0.1, -0.05) is 19.8 Å². The van der Waals surface area contributed by atoms with E-state index in [0.29, 0.717) is 6.54 Å². The molecule has 1 heterocycles. The summed E-state index contributed by atoms with van der Waals surface area (Å²) in [4.78, 5) is 21.5. The molecule has 0 radical (unpaired) electrons. The number of rotatable bonds is 6. The van der Waals surface area contributed by atoms with Gasteiger partial charge in [-0.2, -0.15) is 0 Å². The van der Waals surface area contributed by atoms with Crippen molar-refractivity contribution in [3.8, 4) is 0 Å². The van der Waals surface area contributed by atoms with Gasteiger partial charge in [-0.25, -0.2) is 4.79 Å². The summed E-state index contributed by atoms with van der Waals surface area (Å²) in [5, 5.41) is 11.1. The zero-order chi connectivity index (χ0) is 10.6. The van der Waals surface area contributed by atoms with Crippen LogP contribution in [-0.4, -0.2) is 87.1 Å². The van der Waals surface area contributed by atoms with Crippen LogP contribution in [0.15, 0.2) is 0 Å². The van der Waals surface area contributed by atoms with Crippen molar-refractivity contribution in [2.45, 2.75) is 38.4 Å². The Bertz CT molecular complexity index is 234. The van der Waals surface area contributed by atoms with Gasteiger partial charge >= 0.3 is 57.4 Å². The van der Waals surface area contributed by atoms with Crippen molar-refractivity contribution in [2.24, 2.45) is 0 Å². The Labute approximate surface area is 131 Å². The number of hydrogen-bond donors (Lipinski definition) is 2. The molecule has 1 fully saturated rings. The summed E-state index contributed by atoms with van der Waals surface area (Å²) in [6.45, 7) is 2.67. The molecule has 82 valence electrons. The number of nitrogens with one attached hydrogen (secondary N) is 1. The van der Waals surface area contributed by atoms with Gasteiger partial charge in [-0.15, -0.1) is 0 Å². The second kappa shape index (κ2) is 7.75. The minimum absolute atomic E-state index is 0. The monoisotopic (exact) mass is 241 g/mol. The molecule has 0 bridgehead atoms. The predicted octanol–water partition coefficient (Wildman–Crippen LogP) is -0.504. The molecule has 1 amide bonds. The number of ether oxygens (including phenoxy) is 1. The fourth-order valence-electron chi connectivity index (χ4n) is 1.19. The molecule has 0 spiro atoms. The Morgan fingerprint density at radius 3 is 2.47 bits per heavy atom. The predicted molar refractivity (Wildman–Crippen MR) is 56.0 cm³/mol. The van der Waals surface area contributed by atoms with Crippen LogP contribution in [0, 0.1) is 0 Å². The van der Waals surface area contributed by atoms with Gasteiger partial charge < -0.3 is 15.2 Å². The summed E-state index contributed by atoms with van der Waals surface area (Å²) in [5.74, 6) is -1.38. The Morgan fingerprint density at radius 2 is 2.00 bits per heavy atom. The van der Waals surface area contributed by atoms with E-state index in [2.05, 4.69) is 17.0 Å². The quantitative estimate of drug-likeness (QED) is 0.373. The molecule has 2 atom stereocenters. The van der Waals surface area contributed by atoms with E-state index in [1.165, 1.54) is 0 Å². The van der Waals surface area contributed by atoms with Crippen molar-refractivity contribution in [1.29, 1.82) is 0 Å². The van der Waals surface area contributed by atoms with Gasteiger partial charge in [-0.3, -0.25) is 4.79 Å². The van der Waals surface area contributed by atoms with Crippen molar-refractivity contribution in [3.05, 3.63) is 0 Å². The third kappa shape index (κ3) is 5.42. The first-order valence-corrected chi connectivity index (χ1v) is 4.82. The molecule has 15 heavy (non-hydrogen) atoms. The van der Waals surface area contributed by atoms with Crippen LogP contribution in [0.5, 0.6) is 0 Å². The summed E-state index contributed by atoms with van der Waals surface area (Å²) in [7, 11) is 0. The van der Waals surface area contributed by atoms with E-state index in [0.717, 1.165) is 19.3 Å². The van der Waals surface area contributed by atoms with Crippen LogP contribution >= 0.6 is 0 Å². The molecule has 0 aromatic rings. The molecule has 1 aliphatic rings. The number of carbonyl (C=O) groups excluding carboxylic acids is 1.